The van der Waals surface area contributed by atoms with E-state index in [2.05, 4.69) is 15.5 Å². The number of anilines is 1. The van der Waals surface area contributed by atoms with Crippen LogP contribution in [0, 0.1) is 5.92 Å². The highest BCUT2D eigenvalue weighted by atomic mass is 35.5. The number of carbonyl (C=O) groups excluding carboxylic acids is 3. The molecule has 4 amide bonds. The summed E-state index contributed by atoms with van der Waals surface area (Å²) in [4.78, 5) is 39.7. The van der Waals surface area contributed by atoms with Gasteiger partial charge in [-0.05, 0) is 42.5 Å². The molecule has 2 fully saturated rings. The van der Waals surface area contributed by atoms with E-state index in [-0.39, 0.29) is 43.5 Å². The normalized spacial score (nSPS) is 19.2. The van der Waals surface area contributed by atoms with Crippen molar-refractivity contribution in [3.05, 3.63) is 28.8 Å². The van der Waals surface area contributed by atoms with Gasteiger partial charge in [-0.3, -0.25) is 14.5 Å². The number of primary amides is 1. The molecule has 0 radical (unpaired) electrons. The highest BCUT2D eigenvalue weighted by molar-refractivity contribution is 6.30. The number of amides is 4. The molecule has 1 aliphatic carbocycles. The second kappa shape index (κ2) is 11.1. The Morgan fingerprint density at radius 3 is 2.42 bits per heavy atom. The predicted molar refractivity (Wildman–Crippen MR) is 121 cm³/mol. The molecule has 1 heterocycles. The third kappa shape index (κ3) is 7.82. The number of nitrogens with one attached hydrogen (secondary N) is 2. The first kappa shape index (κ1) is 25.2. The van der Waals surface area contributed by atoms with Crippen molar-refractivity contribution in [2.45, 2.75) is 44.6 Å². The number of nitrogens with two attached hydrogens (primary N) is 1. The van der Waals surface area contributed by atoms with E-state index in [1.807, 2.05) is 0 Å². The molecule has 0 unspecified atom stereocenters. The first-order chi connectivity index (χ1) is 15.6. The van der Waals surface area contributed by atoms with Crippen LogP contribution in [0.2, 0.25) is 5.02 Å². The highest BCUT2D eigenvalue weighted by Crippen LogP contribution is 2.37. The Bertz CT molecular complexity index is 868. The second-order valence-electron chi connectivity index (χ2n) is 8.73. The van der Waals surface area contributed by atoms with Gasteiger partial charge in [-0.25, -0.2) is 13.6 Å². The van der Waals surface area contributed by atoms with Crippen LogP contribution in [0.25, 0.3) is 0 Å². The molecule has 0 spiro atoms. The van der Waals surface area contributed by atoms with Gasteiger partial charge in [-0.15, -0.1) is 0 Å². The first-order valence-electron chi connectivity index (χ1n) is 11.1. The molecule has 8 nitrogen and oxygen atoms in total. The highest BCUT2D eigenvalue weighted by Gasteiger charge is 2.35. The molecule has 2 aliphatic rings. The van der Waals surface area contributed by atoms with E-state index in [1.54, 1.807) is 23.1 Å². The van der Waals surface area contributed by atoms with Crippen LogP contribution in [0.1, 0.15) is 37.7 Å². The quantitative estimate of drug-likeness (QED) is 0.552. The maximum absolute atomic E-state index is 13.2. The Morgan fingerprint density at radius 2 is 1.79 bits per heavy atom. The maximum atomic E-state index is 13.2. The van der Waals surface area contributed by atoms with Gasteiger partial charge in [0, 0.05) is 62.7 Å². The monoisotopic (exact) mass is 485 g/mol. The van der Waals surface area contributed by atoms with Gasteiger partial charge >= 0.3 is 6.03 Å². The minimum atomic E-state index is -2.61. The summed E-state index contributed by atoms with van der Waals surface area (Å²) in [5.74, 6) is -3.11. The number of urea groups is 1. The molecular formula is C22H30ClF2N5O3. The number of alkyl halides is 2. The molecule has 1 saturated heterocycles. The number of benzene rings is 1. The van der Waals surface area contributed by atoms with Gasteiger partial charge in [0.25, 0.3) is 0 Å². The Labute approximate surface area is 196 Å². The molecule has 0 atom stereocenters. The average molecular weight is 486 g/mol. The summed E-state index contributed by atoms with van der Waals surface area (Å²) >= 11 is 6.09. The van der Waals surface area contributed by atoms with Crippen molar-refractivity contribution in [3.63, 3.8) is 0 Å². The Kier molecular flexibility index (Phi) is 8.47. The fraction of sp³-hybridized carbons (Fsp3) is 0.591. The van der Waals surface area contributed by atoms with E-state index in [0.717, 1.165) is 5.56 Å². The molecular weight excluding hydrogens is 456 g/mol. The summed E-state index contributed by atoms with van der Waals surface area (Å²) in [5, 5.41) is 5.77. The lowest BCUT2D eigenvalue weighted by Gasteiger charge is -2.35. The zero-order chi connectivity index (χ0) is 24.0. The molecule has 11 heteroatoms. The van der Waals surface area contributed by atoms with Gasteiger partial charge in [0.05, 0.1) is 6.54 Å². The number of halogens is 3. The SMILES string of the molecule is NC(=O)Nc1ccc(Cl)cc1CN1CCN(C(=O)CNC(=O)CC2CCC(F)(F)CC2)CC1. The van der Waals surface area contributed by atoms with Crippen LogP contribution in [0.3, 0.4) is 0 Å². The van der Waals surface area contributed by atoms with Crippen LogP contribution >= 0.6 is 11.6 Å². The molecule has 0 bridgehead atoms. The predicted octanol–water partition coefficient (Wildman–Crippen LogP) is 2.81. The number of hydrogen-bond donors (Lipinski definition) is 3. The van der Waals surface area contributed by atoms with Crippen molar-refractivity contribution in [1.82, 2.24) is 15.1 Å². The Hall–Kier alpha value is -2.46. The van der Waals surface area contributed by atoms with E-state index >= 15 is 0 Å². The van der Waals surface area contributed by atoms with Gasteiger partial charge in [-0.2, -0.15) is 0 Å². The number of nitrogens with zero attached hydrogens (tertiary/aromatic N) is 2. The van der Waals surface area contributed by atoms with Crippen LogP contribution in [0.15, 0.2) is 18.2 Å². The summed E-state index contributed by atoms with van der Waals surface area (Å²) in [6.45, 7) is 2.70. The number of piperazine rings is 1. The van der Waals surface area contributed by atoms with E-state index in [0.29, 0.717) is 56.3 Å². The molecule has 1 aromatic rings. The van der Waals surface area contributed by atoms with Crippen molar-refractivity contribution in [2.24, 2.45) is 11.7 Å². The van der Waals surface area contributed by atoms with Crippen molar-refractivity contribution < 1.29 is 23.2 Å². The Morgan fingerprint density at radius 1 is 1.12 bits per heavy atom. The average Bonchev–Trinajstić information content (AvgIpc) is 2.76. The van der Waals surface area contributed by atoms with Gasteiger partial charge in [0.1, 0.15) is 0 Å². The lowest BCUT2D eigenvalue weighted by Crippen LogP contribution is -2.51. The summed E-state index contributed by atoms with van der Waals surface area (Å²) in [6, 6.07) is 4.49. The van der Waals surface area contributed by atoms with Gasteiger partial charge < -0.3 is 21.3 Å². The van der Waals surface area contributed by atoms with Crippen molar-refractivity contribution in [3.8, 4) is 0 Å². The first-order valence-corrected chi connectivity index (χ1v) is 11.5. The van der Waals surface area contributed by atoms with E-state index in [4.69, 9.17) is 17.3 Å². The van der Waals surface area contributed by atoms with Crippen LogP contribution in [0.5, 0.6) is 0 Å². The van der Waals surface area contributed by atoms with E-state index in [9.17, 15) is 23.2 Å². The maximum Gasteiger partial charge on any atom is 0.316 e. The van der Waals surface area contributed by atoms with Crippen molar-refractivity contribution in [1.29, 1.82) is 0 Å². The second-order valence-corrected chi connectivity index (χ2v) is 9.16. The topological polar surface area (TPSA) is 108 Å². The Balaban J connectivity index is 1.40. The van der Waals surface area contributed by atoms with Crippen LogP contribution < -0.4 is 16.4 Å². The minimum absolute atomic E-state index is 0.0521. The summed E-state index contributed by atoms with van der Waals surface area (Å²) in [5.41, 5.74) is 6.65. The lowest BCUT2D eigenvalue weighted by atomic mass is 9.84. The fourth-order valence-electron chi connectivity index (χ4n) is 4.27. The third-order valence-corrected chi connectivity index (χ3v) is 6.43. The van der Waals surface area contributed by atoms with Crippen molar-refractivity contribution in [2.75, 3.05) is 38.0 Å². The van der Waals surface area contributed by atoms with E-state index < -0.39 is 12.0 Å². The zero-order valence-corrected chi connectivity index (χ0v) is 19.2. The molecule has 4 N–H and O–H groups in total. The smallest absolute Gasteiger partial charge is 0.316 e. The standard InChI is InChI=1S/C22H30ClF2N5O3/c23-17-1-2-18(28-21(26)33)16(12-17)14-29-7-9-30(10-8-29)20(32)13-27-19(31)11-15-3-5-22(24,25)6-4-15/h1-2,12,15H,3-11,13-14H2,(H,27,31)(H3,26,28,33). The number of rotatable bonds is 7. The fourth-order valence-corrected chi connectivity index (χ4v) is 4.46. The number of carbonyl (C=O) groups is 3. The van der Waals surface area contributed by atoms with Crippen LogP contribution in [-0.4, -0.2) is 66.3 Å². The summed E-state index contributed by atoms with van der Waals surface area (Å²) in [6.07, 6.45) is 0.491. The van der Waals surface area contributed by atoms with Gasteiger partial charge in [0.15, 0.2) is 0 Å². The minimum Gasteiger partial charge on any atom is -0.351 e. The number of hydrogen-bond acceptors (Lipinski definition) is 4. The van der Waals surface area contributed by atoms with Gasteiger partial charge in [0.2, 0.25) is 17.7 Å². The van der Waals surface area contributed by atoms with Crippen LogP contribution in [0.4, 0.5) is 19.3 Å². The third-order valence-electron chi connectivity index (χ3n) is 6.19. The van der Waals surface area contributed by atoms with Gasteiger partial charge in [-0.1, -0.05) is 11.6 Å². The molecule has 3 rings (SSSR count). The molecule has 33 heavy (non-hydrogen) atoms. The molecule has 0 aromatic heterocycles. The molecule has 182 valence electrons. The summed E-state index contributed by atoms with van der Waals surface area (Å²) < 4.78 is 26.5. The largest absolute Gasteiger partial charge is 0.351 e. The molecule has 1 aliphatic heterocycles. The zero-order valence-electron chi connectivity index (χ0n) is 18.4. The van der Waals surface area contributed by atoms with Crippen LogP contribution in [-0.2, 0) is 16.1 Å². The van der Waals surface area contributed by atoms with Crippen molar-refractivity contribution >= 4 is 35.1 Å². The lowest BCUT2D eigenvalue weighted by molar-refractivity contribution is -0.134. The summed E-state index contributed by atoms with van der Waals surface area (Å²) in [7, 11) is 0. The molecule has 1 aromatic carbocycles. The molecule has 1 saturated carbocycles. The van der Waals surface area contributed by atoms with E-state index in [1.165, 1.54) is 0 Å².